The van der Waals surface area contributed by atoms with Crippen molar-refractivity contribution in [3.8, 4) is 0 Å². The molecule has 0 saturated heterocycles. The Morgan fingerprint density at radius 2 is 1.71 bits per heavy atom. The molecule has 0 heterocycles. The lowest BCUT2D eigenvalue weighted by Gasteiger charge is -2.65. The van der Waals surface area contributed by atoms with Crippen molar-refractivity contribution in [1.29, 1.82) is 0 Å². The van der Waals surface area contributed by atoms with E-state index in [1.165, 1.54) is 5.57 Å². The predicted molar refractivity (Wildman–Crippen MR) is 107 cm³/mol. The smallest absolute Gasteiger partial charge is 0.0911 e. The first-order valence-electron chi connectivity index (χ1n) is 9.26. The number of halogens is 2. The van der Waals surface area contributed by atoms with Crippen LogP contribution in [0.1, 0.15) is 66.2 Å². The standard InChI is InChI=1S/C20H32Br2O2/c1-12-6-7-14(21)17(2,3)20(12)9-8-18(4)13(11-20)19(5,24)16(23)10-15(18)22/h13-16,23-24H,1,6-11H2,2-5H3/t13-,14-,15+,16+,18-,19-,20-/m0/s1. The number of aliphatic hydroxyl groups is 2. The highest BCUT2D eigenvalue weighted by atomic mass is 79.9. The molecule has 3 aliphatic rings. The van der Waals surface area contributed by atoms with E-state index in [4.69, 9.17) is 0 Å². The molecule has 0 bridgehead atoms. The lowest BCUT2D eigenvalue weighted by molar-refractivity contribution is -0.198. The summed E-state index contributed by atoms with van der Waals surface area (Å²) in [6.07, 6.45) is 5.26. The Balaban J connectivity index is 2.06. The topological polar surface area (TPSA) is 40.5 Å². The number of aliphatic hydroxyl groups excluding tert-OH is 1. The molecule has 0 aromatic rings. The first-order valence-corrected chi connectivity index (χ1v) is 11.1. The molecule has 2 nitrogen and oxygen atoms in total. The Morgan fingerprint density at radius 3 is 2.33 bits per heavy atom. The van der Waals surface area contributed by atoms with Gasteiger partial charge in [-0.3, -0.25) is 0 Å². The van der Waals surface area contributed by atoms with Crippen LogP contribution in [-0.4, -0.2) is 31.6 Å². The fourth-order valence-electron chi connectivity index (χ4n) is 6.09. The number of hydrogen-bond acceptors (Lipinski definition) is 2. The molecule has 1 spiro atoms. The average molecular weight is 464 g/mol. The zero-order valence-corrected chi connectivity index (χ0v) is 18.6. The second kappa shape index (κ2) is 5.81. The van der Waals surface area contributed by atoms with E-state index in [9.17, 15) is 10.2 Å². The van der Waals surface area contributed by atoms with Gasteiger partial charge in [-0.2, -0.15) is 0 Å². The number of alkyl halides is 2. The first-order chi connectivity index (χ1) is 10.9. The van der Waals surface area contributed by atoms with Gasteiger partial charge in [0.1, 0.15) is 0 Å². The van der Waals surface area contributed by atoms with E-state index in [2.05, 4.69) is 59.2 Å². The molecule has 24 heavy (non-hydrogen) atoms. The van der Waals surface area contributed by atoms with Crippen LogP contribution in [0.2, 0.25) is 0 Å². The predicted octanol–water partition coefficient (Wildman–Crippen LogP) is 5.20. The van der Waals surface area contributed by atoms with Crippen LogP contribution >= 0.6 is 31.9 Å². The zero-order valence-electron chi connectivity index (χ0n) is 15.4. The Labute approximate surface area is 163 Å². The van der Waals surface area contributed by atoms with Crippen LogP contribution in [0.3, 0.4) is 0 Å². The van der Waals surface area contributed by atoms with Crippen LogP contribution in [0, 0.1) is 22.2 Å². The monoisotopic (exact) mass is 462 g/mol. The van der Waals surface area contributed by atoms with Gasteiger partial charge in [-0.05, 0) is 67.6 Å². The van der Waals surface area contributed by atoms with Gasteiger partial charge < -0.3 is 10.2 Å². The minimum absolute atomic E-state index is 0.0175. The maximum Gasteiger partial charge on any atom is 0.0911 e. The molecule has 7 atom stereocenters. The average Bonchev–Trinajstić information content (AvgIpc) is 2.49. The van der Waals surface area contributed by atoms with Gasteiger partial charge in [0, 0.05) is 9.65 Å². The summed E-state index contributed by atoms with van der Waals surface area (Å²) >= 11 is 7.78. The Morgan fingerprint density at radius 1 is 1.08 bits per heavy atom. The third kappa shape index (κ3) is 2.38. The SMILES string of the molecule is C=C1CC[C@H](Br)C(C)(C)[C@]12CC[C@]1(C)[C@H](Br)C[C@@H](O)[C@@](C)(O)[C@H]1C2. The van der Waals surface area contributed by atoms with Crippen LogP contribution in [0.25, 0.3) is 0 Å². The lowest BCUT2D eigenvalue weighted by Crippen LogP contribution is -2.65. The van der Waals surface area contributed by atoms with Gasteiger partial charge >= 0.3 is 0 Å². The number of allylic oxidation sites excluding steroid dienone is 1. The van der Waals surface area contributed by atoms with Gasteiger partial charge in [-0.1, -0.05) is 64.8 Å². The molecular formula is C20H32Br2O2. The highest BCUT2D eigenvalue weighted by molar-refractivity contribution is 9.09. The van der Waals surface area contributed by atoms with E-state index < -0.39 is 11.7 Å². The molecule has 0 radical (unpaired) electrons. The van der Waals surface area contributed by atoms with E-state index in [-0.39, 0.29) is 27.0 Å². The van der Waals surface area contributed by atoms with Gasteiger partial charge in [-0.15, -0.1) is 0 Å². The Hall–Kier alpha value is 0.620. The van der Waals surface area contributed by atoms with Gasteiger partial charge in [0.15, 0.2) is 0 Å². The number of fused-ring (bicyclic) bond motifs is 1. The van der Waals surface area contributed by atoms with Crippen molar-refractivity contribution >= 4 is 31.9 Å². The maximum absolute atomic E-state index is 11.2. The summed E-state index contributed by atoms with van der Waals surface area (Å²) < 4.78 is 0. The number of rotatable bonds is 0. The van der Waals surface area contributed by atoms with Crippen molar-refractivity contribution in [1.82, 2.24) is 0 Å². The molecule has 3 saturated carbocycles. The molecule has 0 amide bonds. The van der Waals surface area contributed by atoms with Gasteiger partial charge in [0.05, 0.1) is 11.7 Å². The summed E-state index contributed by atoms with van der Waals surface area (Å²) in [4.78, 5) is 0.723. The summed E-state index contributed by atoms with van der Waals surface area (Å²) in [7, 11) is 0. The zero-order chi connectivity index (χ0) is 18.1. The molecule has 2 N–H and O–H groups in total. The molecule has 138 valence electrons. The van der Waals surface area contributed by atoms with Crippen molar-refractivity contribution in [3.05, 3.63) is 12.2 Å². The van der Waals surface area contributed by atoms with Gasteiger partial charge in [0.2, 0.25) is 0 Å². The second-order valence-corrected chi connectivity index (χ2v) is 11.8. The molecular weight excluding hydrogens is 432 g/mol. The summed E-state index contributed by atoms with van der Waals surface area (Å²) in [6.45, 7) is 13.4. The molecule has 0 aromatic carbocycles. The van der Waals surface area contributed by atoms with Crippen molar-refractivity contribution in [2.45, 2.75) is 87.6 Å². The quantitative estimate of drug-likeness (QED) is 0.383. The van der Waals surface area contributed by atoms with Crippen LogP contribution in [0.5, 0.6) is 0 Å². The third-order valence-electron chi connectivity index (χ3n) is 8.36. The Bertz CT molecular complexity index is 544. The van der Waals surface area contributed by atoms with E-state index in [1.54, 1.807) is 0 Å². The van der Waals surface area contributed by atoms with Crippen molar-refractivity contribution < 1.29 is 10.2 Å². The molecule has 0 aromatic heterocycles. The summed E-state index contributed by atoms with van der Waals surface area (Å²) in [5.74, 6) is 0.0701. The van der Waals surface area contributed by atoms with Gasteiger partial charge in [0.25, 0.3) is 0 Å². The largest absolute Gasteiger partial charge is 0.390 e. The van der Waals surface area contributed by atoms with Crippen molar-refractivity contribution in [2.75, 3.05) is 0 Å². The number of hydrogen-bond donors (Lipinski definition) is 2. The van der Waals surface area contributed by atoms with Crippen molar-refractivity contribution in [3.63, 3.8) is 0 Å². The second-order valence-electron chi connectivity index (χ2n) is 9.62. The summed E-state index contributed by atoms with van der Waals surface area (Å²) in [5.41, 5.74) is 0.472. The van der Waals surface area contributed by atoms with E-state index >= 15 is 0 Å². The molecule has 0 aliphatic heterocycles. The molecule has 3 rings (SSSR count). The molecule has 0 unspecified atom stereocenters. The van der Waals surface area contributed by atoms with E-state index in [0.717, 1.165) is 32.1 Å². The third-order valence-corrected chi connectivity index (χ3v) is 11.4. The van der Waals surface area contributed by atoms with Crippen molar-refractivity contribution in [2.24, 2.45) is 22.2 Å². The molecule has 3 aliphatic carbocycles. The van der Waals surface area contributed by atoms with Crippen LogP contribution in [0.15, 0.2) is 12.2 Å². The lowest BCUT2D eigenvalue weighted by atomic mass is 9.42. The fourth-order valence-corrected chi connectivity index (χ4v) is 7.66. The van der Waals surface area contributed by atoms with E-state index in [0.29, 0.717) is 11.2 Å². The minimum atomic E-state index is -1.04. The Kier molecular flexibility index (Phi) is 4.69. The fraction of sp³-hybridized carbons (Fsp3) is 0.900. The highest BCUT2D eigenvalue weighted by Crippen LogP contribution is 2.68. The first kappa shape index (κ1) is 19.4. The van der Waals surface area contributed by atoms with Gasteiger partial charge in [-0.25, -0.2) is 0 Å². The summed E-state index contributed by atoms with van der Waals surface area (Å²) in [6, 6.07) is 0. The maximum atomic E-state index is 11.2. The normalized spacial score (nSPS) is 54.6. The highest BCUT2D eigenvalue weighted by Gasteiger charge is 2.65. The summed E-state index contributed by atoms with van der Waals surface area (Å²) in [5, 5.41) is 21.8. The molecule has 4 heteroatoms. The van der Waals surface area contributed by atoms with Crippen LogP contribution < -0.4 is 0 Å². The van der Waals surface area contributed by atoms with Crippen LogP contribution in [0.4, 0.5) is 0 Å². The van der Waals surface area contributed by atoms with Crippen LogP contribution in [-0.2, 0) is 0 Å². The molecule has 3 fully saturated rings. The van der Waals surface area contributed by atoms with E-state index in [1.807, 2.05) is 6.92 Å². The minimum Gasteiger partial charge on any atom is -0.390 e.